The molecule has 3 amide bonds. The number of urea groups is 1. The molecule has 25 heavy (non-hydrogen) atoms. The number of aromatic nitrogens is 1. The van der Waals surface area contributed by atoms with Crippen molar-refractivity contribution >= 4 is 28.7 Å². The van der Waals surface area contributed by atoms with Gasteiger partial charge in [0.05, 0.1) is 12.1 Å². The lowest BCUT2D eigenvalue weighted by Gasteiger charge is -2.34. The number of anilines is 1. The highest BCUT2D eigenvalue weighted by atomic mass is 16.6. The van der Waals surface area contributed by atoms with Crippen LogP contribution in [0.15, 0.2) is 30.5 Å². The van der Waals surface area contributed by atoms with Crippen LogP contribution in [-0.2, 0) is 11.3 Å². The number of amides is 3. The second-order valence-corrected chi connectivity index (χ2v) is 5.98. The highest BCUT2D eigenvalue weighted by Crippen LogP contribution is 2.21. The van der Waals surface area contributed by atoms with Crippen LogP contribution in [0.5, 0.6) is 0 Å². The SMILES string of the molecule is CCOC(=O)N1CCN(C(=O)Nc2ccc3ccn(CC)c3c2)CC1. The van der Waals surface area contributed by atoms with E-state index in [0.717, 1.165) is 23.1 Å². The van der Waals surface area contributed by atoms with Gasteiger partial charge in [-0.15, -0.1) is 0 Å². The van der Waals surface area contributed by atoms with Crippen LogP contribution in [0.25, 0.3) is 10.9 Å². The number of rotatable bonds is 3. The summed E-state index contributed by atoms with van der Waals surface area (Å²) >= 11 is 0. The standard InChI is InChI=1S/C18H24N4O3/c1-3-20-8-7-14-5-6-15(13-16(14)20)19-17(23)21-9-11-22(12-10-21)18(24)25-4-2/h5-8,13H,3-4,9-12H2,1-2H3,(H,19,23). The first-order valence-corrected chi connectivity index (χ1v) is 8.69. The zero-order valence-electron chi connectivity index (χ0n) is 14.7. The van der Waals surface area contributed by atoms with Crippen LogP contribution < -0.4 is 5.32 Å². The van der Waals surface area contributed by atoms with Crippen LogP contribution in [0.2, 0.25) is 0 Å². The average molecular weight is 344 g/mol. The van der Waals surface area contributed by atoms with Crippen LogP contribution >= 0.6 is 0 Å². The molecule has 1 saturated heterocycles. The van der Waals surface area contributed by atoms with Crippen LogP contribution in [0.1, 0.15) is 13.8 Å². The Bertz CT molecular complexity index is 763. The first-order valence-electron chi connectivity index (χ1n) is 8.69. The highest BCUT2D eigenvalue weighted by Gasteiger charge is 2.24. The molecule has 1 fully saturated rings. The predicted molar refractivity (Wildman–Crippen MR) is 96.8 cm³/mol. The normalized spacial score (nSPS) is 14.6. The molecule has 3 rings (SSSR count). The molecule has 1 N–H and O–H groups in total. The van der Waals surface area contributed by atoms with Crippen molar-refractivity contribution in [2.45, 2.75) is 20.4 Å². The summed E-state index contributed by atoms with van der Waals surface area (Å²) < 4.78 is 7.14. The van der Waals surface area contributed by atoms with Gasteiger partial charge in [-0.3, -0.25) is 0 Å². The fraction of sp³-hybridized carbons (Fsp3) is 0.444. The summed E-state index contributed by atoms with van der Waals surface area (Å²) in [6.07, 6.45) is 1.73. The third-order valence-electron chi connectivity index (χ3n) is 4.46. The number of nitrogens with zero attached hydrogens (tertiary/aromatic N) is 3. The van der Waals surface area contributed by atoms with E-state index in [0.29, 0.717) is 32.8 Å². The number of carbonyl (C=O) groups is 2. The minimum absolute atomic E-state index is 0.141. The van der Waals surface area contributed by atoms with E-state index in [9.17, 15) is 9.59 Å². The van der Waals surface area contributed by atoms with E-state index in [1.807, 2.05) is 24.4 Å². The number of aryl methyl sites for hydroxylation is 1. The smallest absolute Gasteiger partial charge is 0.409 e. The van der Waals surface area contributed by atoms with Crippen molar-refractivity contribution in [3.05, 3.63) is 30.5 Å². The first-order chi connectivity index (χ1) is 12.1. The number of hydrogen-bond donors (Lipinski definition) is 1. The number of hydrogen-bond acceptors (Lipinski definition) is 3. The van der Waals surface area contributed by atoms with E-state index in [4.69, 9.17) is 4.74 Å². The Balaban J connectivity index is 1.60. The van der Waals surface area contributed by atoms with E-state index in [-0.39, 0.29) is 12.1 Å². The van der Waals surface area contributed by atoms with Gasteiger partial charge in [0.15, 0.2) is 0 Å². The number of piperazine rings is 1. The van der Waals surface area contributed by atoms with Crippen LogP contribution in [0.4, 0.5) is 15.3 Å². The molecule has 0 aliphatic carbocycles. The molecule has 2 aromatic rings. The molecular formula is C18H24N4O3. The van der Waals surface area contributed by atoms with Crippen molar-refractivity contribution < 1.29 is 14.3 Å². The summed E-state index contributed by atoms with van der Waals surface area (Å²) in [5, 5.41) is 4.11. The lowest BCUT2D eigenvalue weighted by Crippen LogP contribution is -2.51. The lowest BCUT2D eigenvalue weighted by molar-refractivity contribution is 0.0868. The summed E-state index contributed by atoms with van der Waals surface area (Å²) in [5.74, 6) is 0. The summed E-state index contributed by atoms with van der Waals surface area (Å²) in [4.78, 5) is 27.5. The fourth-order valence-corrected chi connectivity index (χ4v) is 3.05. The van der Waals surface area contributed by atoms with Gasteiger partial charge in [0, 0.05) is 44.6 Å². The Hall–Kier alpha value is -2.70. The maximum Gasteiger partial charge on any atom is 0.409 e. The Labute approximate surface area is 147 Å². The van der Waals surface area contributed by atoms with Gasteiger partial charge in [-0.25, -0.2) is 9.59 Å². The predicted octanol–water partition coefficient (Wildman–Crippen LogP) is 2.97. The van der Waals surface area contributed by atoms with Crippen LogP contribution in [0, 0.1) is 0 Å². The molecule has 7 heteroatoms. The zero-order valence-corrected chi connectivity index (χ0v) is 14.7. The van der Waals surface area contributed by atoms with Crippen molar-refractivity contribution in [2.75, 3.05) is 38.1 Å². The molecule has 1 aliphatic rings. The minimum atomic E-state index is -0.312. The van der Waals surface area contributed by atoms with Gasteiger partial charge in [0.25, 0.3) is 0 Å². The summed E-state index contributed by atoms with van der Waals surface area (Å²) in [6, 6.07) is 7.84. The molecule has 0 radical (unpaired) electrons. The molecule has 0 spiro atoms. The molecule has 1 aromatic carbocycles. The maximum absolute atomic E-state index is 12.5. The number of fused-ring (bicyclic) bond motifs is 1. The Morgan fingerprint density at radius 1 is 1.08 bits per heavy atom. The molecule has 134 valence electrons. The zero-order chi connectivity index (χ0) is 17.8. The Morgan fingerprint density at radius 2 is 1.80 bits per heavy atom. The molecule has 0 bridgehead atoms. The number of ether oxygens (including phenoxy) is 1. The van der Waals surface area contributed by atoms with E-state index in [1.165, 1.54) is 0 Å². The monoisotopic (exact) mass is 344 g/mol. The van der Waals surface area contributed by atoms with E-state index < -0.39 is 0 Å². The molecule has 1 aromatic heterocycles. The quantitative estimate of drug-likeness (QED) is 0.931. The maximum atomic E-state index is 12.5. The van der Waals surface area contributed by atoms with Crippen LogP contribution in [0.3, 0.4) is 0 Å². The van der Waals surface area contributed by atoms with E-state index in [1.54, 1.807) is 16.7 Å². The van der Waals surface area contributed by atoms with Crippen molar-refractivity contribution in [2.24, 2.45) is 0 Å². The van der Waals surface area contributed by atoms with Gasteiger partial charge in [0.1, 0.15) is 0 Å². The lowest BCUT2D eigenvalue weighted by atomic mass is 10.2. The second-order valence-electron chi connectivity index (χ2n) is 5.98. The molecule has 7 nitrogen and oxygen atoms in total. The van der Waals surface area contributed by atoms with E-state index in [2.05, 4.69) is 22.9 Å². The van der Waals surface area contributed by atoms with Gasteiger partial charge in [-0.1, -0.05) is 6.07 Å². The molecule has 2 heterocycles. The minimum Gasteiger partial charge on any atom is -0.450 e. The van der Waals surface area contributed by atoms with Crippen molar-refractivity contribution in [1.29, 1.82) is 0 Å². The second kappa shape index (κ2) is 7.46. The number of benzene rings is 1. The Morgan fingerprint density at radius 3 is 2.48 bits per heavy atom. The molecule has 0 atom stereocenters. The summed E-state index contributed by atoms with van der Waals surface area (Å²) in [7, 11) is 0. The van der Waals surface area contributed by atoms with Crippen LogP contribution in [-0.4, -0.2) is 59.3 Å². The third-order valence-corrected chi connectivity index (χ3v) is 4.46. The highest BCUT2D eigenvalue weighted by molar-refractivity contribution is 5.93. The van der Waals surface area contributed by atoms with Gasteiger partial charge in [-0.2, -0.15) is 0 Å². The molecule has 1 aliphatic heterocycles. The third kappa shape index (κ3) is 3.70. The molecular weight excluding hydrogens is 320 g/mol. The first kappa shape index (κ1) is 17.1. The largest absolute Gasteiger partial charge is 0.450 e. The van der Waals surface area contributed by atoms with Crippen molar-refractivity contribution in [3.8, 4) is 0 Å². The van der Waals surface area contributed by atoms with Gasteiger partial charge in [-0.05, 0) is 37.4 Å². The fourth-order valence-electron chi connectivity index (χ4n) is 3.05. The molecule has 0 unspecified atom stereocenters. The Kier molecular flexibility index (Phi) is 5.11. The van der Waals surface area contributed by atoms with Crippen molar-refractivity contribution in [3.63, 3.8) is 0 Å². The summed E-state index contributed by atoms with van der Waals surface area (Å²) in [6.45, 7) is 7.10. The molecule has 0 saturated carbocycles. The van der Waals surface area contributed by atoms with Gasteiger partial charge < -0.3 is 24.4 Å². The topological polar surface area (TPSA) is 66.8 Å². The average Bonchev–Trinajstić information content (AvgIpc) is 3.04. The number of carbonyl (C=O) groups excluding carboxylic acids is 2. The van der Waals surface area contributed by atoms with Gasteiger partial charge in [0.2, 0.25) is 0 Å². The summed E-state index contributed by atoms with van der Waals surface area (Å²) in [5.41, 5.74) is 1.88. The van der Waals surface area contributed by atoms with E-state index >= 15 is 0 Å². The van der Waals surface area contributed by atoms with Gasteiger partial charge >= 0.3 is 12.1 Å². The number of nitrogens with one attached hydrogen (secondary N) is 1. The van der Waals surface area contributed by atoms with Crippen molar-refractivity contribution in [1.82, 2.24) is 14.4 Å².